The highest BCUT2D eigenvalue weighted by Crippen LogP contribution is 2.26. The number of esters is 1. The molecule has 0 atom stereocenters. The standard InChI is InChI=1S/C19H20O4.C15H14O2/c1-3-16-12-17(22-13-15-8-6-5-7-9-15)10-11-18(16)23-14-19(20)21-4-2;1-2-13-10-14(8-9-15(13)16)17-11-12-6-4-3-5-7-12/h3,5-12H,1,4,13-14H2,2H3;2-10,16H,1,11H2. The molecule has 1 N–H and O–H groups in total. The molecule has 0 aromatic heterocycles. The van der Waals surface area contributed by atoms with Crippen LogP contribution >= 0.6 is 0 Å². The van der Waals surface area contributed by atoms with E-state index in [2.05, 4.69) is 13.2 Å². The number of benzene rings is 4. The van der Waals surface area contributed by atoms with Gasteiger partial charge in [-0.15, -0.1) is 0 Å². The van der Waals surface area contributed by atoms with Gasteiger partial charge in [-0.05, 0) is 54.4 Å². The fourth-order valence-electron chi connectivity index (χ4n) is 3.51. The van der Waals surface area contributed by atoms with Crippen LogP contribution < -0.4 is 14.2 Å². The minimum Gasteiger partial charge on any atom is -0.507 e. The van der Waals surface area contributed by atoms with E-state index in [0.717, 1.165) is 22.4 Å². The molecule has 4 rings (SSSR count). The average Bonchev–Trinajstić information content (AvgIpc) is 3.00. The molecule has 0 fully saturated rings. The quantitative estimate of drug-likeness (QED) is 0.189. The lowest BCUT2D eigenvalue weighted by Gasteiger charge is -2.11. The minimum absolute atomic E-state index is 0.126. The molecule has 0 amide bonds. The van der Waals surface area contributed by atoms with E-state index in [1.165, 1.54) is 0 Å². The first-order valence-electron chi connectivity index (χ1n) is 12.9. The summed E-state index contributed by atoms with van der Waals surface area (Å²) in [6.07, 6.45) is 3.26. The molecule has 4 aromatic rings. The molecule has 0 aliphatic heterocycles. The van der Waals surface area contributed by atoms with Crippen LogP contribution in [0.25, 0.3) is 12.2 Å². The lowest BCUT2D eigenvalue weighted by molar-refractivity contribution is -0.145. The average molecular weight is 539 g/mol. The van der Waals surface area contributed by atoms with Crippen LogP contribution in [0.15, 0.2) is 110 Å². The van der Waals surface area contributed by atoms with Crippen LogP contribution in [0.1, 0.15) is 29.2 Å². The Morgan fingerprint density at radius 1 is 0.725 bits per heavy atom. The predicted molar refractivity (Wildman–Crippen MR) is 158 cm³/mol. The summed E-state index contributed by atoms with van der Waals surface area (Å²) in [5.41, 5.74) is 3.64. The van der Waals surface area contributed by atoms with E-state index in [-0.39, 0.29) is 12.4 Å². The van der Waals surface area contributed by atoms with Crippen molar-refractivity contribution in [1.29, 1.82) is 0 Å². The van der Waals surface area contributed by atoms with Crippen LogP contribution in [-0.4, -0.2) is 24.3 Å². The second kappa shape index (κ2) is 16.1. The molecule has 6 nitrogen and oxygen atoms in total. The smallest absolute Gasteiger partial charge is 0.344 e. The number of aromatic hydroxyl groups is 1. The summed E-state index contributed by atoms with van der Waals surface area (Å²) >= 11 is 0. The van der Waals surface area contributed by atoms with Crippen molar-refractivity contribution < 1.29 is 28.8 Å². The molecule has 0 aliphatic carbocycles. The van der Waals surface area contributed by atoms with E-state index in [4.69, 9.17) is 18.9 Å². The van der Waals surface area contributed by atoms with Gasteiger partial charge in [0.2, 0.25) is 0 Å². The molecule has 40 heavy (non-hydrogen) atoms. The Bertz CT molecular complexity index is 1370. The first-order valence-corrected chi connectivity index (χ1v) is 12.9. The highest BCUT2D eigenvalue weighted by molar-refractivity contribution is 5.71. The second-order valence-electron chi connectivity index (χ2n) is 8.47. The topological polar surface area (TPSA) is 74.2 Å². The molecule has 0 bridgehead atoms. The SMILES string of the molecule is C=Cc1cc(OCc2ccccc2)ccc1O.C=Cc1cc(OCc2ccccc2)ccc1OCC(=O)OCC. The van der Waals surface area contributed by atoms with Gasteiger partial charge in [0, 0.05) is 11.1 Å². The lowest BCUT2D eigenvalue weighted by Crippen LogP contribution is -2.14. The van der Waals surface area contributed by atoms with E-state index in [1.807, 2.05) is 66.7 Å². The maximum Gasteiger partial charge on any atom is 0.344 e. The molecule has 0 aliphatic rings. The van der Waals surface area contributed by atoms with Gasteiger partial charge in [-0.1, -0.05) is 86.0 Å². The van der Waals surface area contributed by atoms with E-state index in [0.29, 0.717) is 36.9 Å². The van der Waals surface area contributed by atoms with Crippen molar-refractivity contribution >= 4 is 18.1 Å². The number of carbonyl (C=O) groups is 1. The zero-order chi connectivity index (χ0) is 28.6. The summed E-state index contributed by atoms with van der Waals surface area (Å²) in [6.45, 7) is 10.4. The number of hydrogen-bond acceptors (Lipinski definition) is 6. The van der Waals surface area contributed by atoms with E-state index in [9.17, 15) is 9.90 Å². The number of ether oxygens (including phenoxy) is 4. The fraction of sp³-hybridized carbons (Fsp3) is 0.147. The van der Waals surface area contributed by atoms with Gasteiger partial charge >= 0.3 is 5.97 Å². The van der Waals surface area contributed by atoms with Gasteiger partial charge in [-0.3, -0.25) is 0 Å². The van der Waals surface area contributed by atoms with Crippen LogP contribution in [0.5, 0.6) is 23.0 Å². The van der Waals surface area contributed by atoms with Gasteiger partial charge in [0.1, 0.15) is 36.2 Å². The van der Waals surface area contributed by atoms with Crippen molar-refractivity contribution in [3.8, 4) is 23.0 Å². The highest BCUT2D eigenvalue weighted by Gasteiger charge is 2.08. The van der Waals surface area contributed by atoms with Crippen LogP contribution in [0.4, 0.5) is 0 Å². The van der Waals surface area contributed by atoms with Crippen LogP contribution in [-0.2, 0) is 22.7 Å². The number of phenols is 1. The predicted octanol–water partition coefficient (Wildman–Crippen LogP) is 7.46. The molecule has 0 unspecified atom stereocenters. The fourth-order valence-corrected chi connectivity index (χ4v) is 3.51. The van der Waals surface area contributed by atoms with E-state index in [1.54, 1.807) is 49.4 Å². The maximum absolute atomic E-state index is 11.3. The highest BCUT2D eigenvalue weighted by atomic mass is 16.6. The molecular weight excluding hydrogens is 504 g/mol. The first-order chi connectivity index (χ1) is 19.5. The van der Waals surface area contributed by atoms with Gasteiger partial charge in [0.05, 0.1) is 6.61 Å². The number of phenolic OH excluding ortho intramolecular Hbond substituents is 1. The molecule has 4 aromatic carbocycles. The van der Waals surface area contributed by atoms with Crippen LogP contribution in [0.2, 0.25) is 0 Å². The Kier molecular flexibility index (Phi) is 11.9. The second-order valence-corrected chi connectivity index (χ2v) is 8.47. The molecule has 0 heterocycles. The molecule has 0 saturated carbocycles. The zero-order valence-electron chi connectivity index (χ0n) is 22.6. The van der Waals surface area contributed by atoms with Crippen molar-refractivity contribution in [2.24, 2.45) is 0 Å². The summed E-state index contributed by atoms with van der Waals surface area (Å²) in [5.74, 6) is 1.83. The Balaban J connectivity index is 0.000000230. The molecule has 0 spiro atoms. The third-order valence-electron chi connectivity index (χ3n) is 5.57. The van der Waals surface area contributed by atoms with Crippen molar-refractivity contribution in [1.82, 2.24) is 0 Å². The Morgan fingerprint density at radius 3 is 1.77 bits per heavy atom. The third kappa shape index (κ3) is 9.72. The van der Waals surface area contributed by atoms with E-state index < -0.39 is 5.97 Å². The summed E-state index contributed by atoms with van der Waals surface area (Å²) in [4.78, 5) is 11.3. The Morgan fingerprint density at radius 2 is 1.25 bits per heavy atom. The molecule has 0 radical (unpaired) electrons. The minimum atomic E-state index is -0.396. The summed E-state index contributed by atoms with van der Waals surface area (Å²) in [5, 5.41) is 9.49. The summed E-state index contributed by atoms with van der Waals surface area (Å²) < 4.78 is 21.7. The number of carbonyl (C=O) groups excluding carboxylic acids is 1. The number of hydrogen-bond donors (Lipinski definition) is 1. The zero-order valence-corrected chi connectivity index (χ0v) is 22.6. The van der Waals surface area contributed by atoms with Crippen molar-refractivity contribution in [2.75, 3.05) is 13.2 Å². The van der Waals surface area contributed by atoms with Crippen molar-refractivity contribution in [3.05, 3.63) is 132 Å². The van der Waals surface area contributed by atoms with Crippen molar-refractivity contribution in [3.63, 3.8) is 0 Å². The van der Waals surface area contributed by atoms with Gasteiger partial charge in [0.15, 0.2) is 6.61 Å². The summed E-state index contributed by atoms with van der Waals surface area (Å²) in [6, 6.07) is 30.4. The van der Waals surface area contributed by atoms with Gasteiger partial charge in [0.25, 0.3) is 0 Å². The third-order valence-corrected chi connectivity index (χ3v) is 5.57. The monoisotopic (exact) mass is 538 g/mol. The number of rotatable bonds is 12. The maximum atomic E-state index is 11.3. The lowest BCUT2D eigenvalue weighted by atomic mass is 10.2. The van der Waals surface area contributed by atoms with Gasteiger partial charge in [-0.25, -0.2) is 4.79 Å². The molecular formula is C34H34O6. The molecule has 0 saturated heterocycles. The van der Waals surface area contributed by atoms with Crippen LogP contribution in [0.3, 0.4) is 0 Å². The Labute approximate surface area is 235 Å². The van der Waals surface area contributed by atoms with Gasteiger partial charge in [-0.2, -0.15) is 0 Å². The van der Waals surface area contributed by atoms with E-state index >= 15 is 0 Å². The first kappa shape index (κ1) is 29.6. The normalized spacial score (nSPS) is 9.93. The van der Waals surface area contributed by atoms with Crippen molar-refractivity contribution in [2.45, 2.75) is 20.1 Å². The van der Waals surface area contributed by atoms with Gasteiger partial charge < -0.3 is 24.1 Å². The molecule has 206 valence electrons. The molecule has 6 heteroatoms. The largest absolute Gasteiger partial charge is 0.507 e. The van der Waals surface area contributed by atoms with Crippen LogP contribution in [0, 0.1) is 0 Å². The summed E-state index contributed by atoms with van der Waals surface area (Å²) in [7, 11) is 0. The Hall–Kier alpha value is -4.97.